The first kappa shape index (κ1) is 13.9. The molecule has 18 heavy (non-hydrogen) atoms. The van der Waals surface area contributed by atoms with Crippen molar-refractivity contribution in [2.75, 3.05) is 18.0 Å². The molecule has 0 spiro atoms. The fourth-order valence-corrected chi connectivity index (χ4v) is 2.54. The van der Waals surface area contributed by atoms with Crippen molar-refractivity contribution in [3.8, 4) is 6.07 Å². The largest absolute Gasteiger partial charge is 0.398 e. The van der Waals surface area contributed by atoms with Crippen LogP contribution in [0.15, 0.2) is 23.1 Å². The highest BCUT2D eigenvalue weighted by molar-refractivity contribution is 7.92. The number of carbonyl (C=O) groups excluding carboxylic acids is 1. The van der Waals surface area contributed by atoms with Gasteiger partial charge in [0.05, 0.1) is 16.7 Å². The molecule has 0 unspecified atom stereocenters. The molecule has 1 rings (SSSR count). The Morgan fingerprint density at radius 3 is 2.72 bits per heavy atom. The summed E-state index contributed by atoms with van der Waals surface area (Å²) in [5.74, 6) is -2.33. The number of halogens is 1. The van der Waals surface area contributed by atoms with Crippen molar-refractivity contribution >= 4 is 21.4 Å². The molecule has 0 aliphatic heterocycles. The van der Waals surface area contributed by atoms with E-state index in [-0.39, 0.29) is 17.1 Å². The topological polar surface area (TPSA) is 113 Å². The Kier molecular flexibility index (Phi) is 4.23. The second-order valence-corrected chi connectivity index (χ2v) is 5.33. The number of nitrogen functional groups attached to an aromatic ring is 1. The number of hydrogen-bond acceptors (Lipinski definition) is 5. The van der Waals surface area contributed by atoms with E-state index in [0.29, 0.717) is 0 Å². The highest BCUT2D eigenvalue weighted by Crippen LogP contribution is 2.20. The van der Waals surface area contributed by atoms with Gasteiger partial charge in [0.2, 0.25) is 5.91 Å². The van der Waals surface area contributed by atoms with Gasteiger partial charge in [-0.05, 0) is 18.2 Å². The van der Waals surface area contributed by atoms with Crippen LogP contribution in [0.5, 0.6) is 0 Å². The van der Waals surface area contributed by atoms with Crippen molar-refractivity contribution in [1.82, 2.24) is 5.32 Å². The predicted molar refractivity (Wildman–Crippen MR) is 61.5 cm³/mol. The summed E-state index contributed by atoms with van der Waals surface area (Å²) in [6, 6.07) is 4.44. The van der Waals surface area contributed by atoms with E-state index in [0.717, 1.165) is 18.2 Å². The van der Waals surface area contributed by atoms with Gasteiger partial charge in [-0.2, -0.15) is 5.26 Å². The third-order valence-corrected chi connectivity index (χ3v) is 3.68. The lowest BCUT2D eigenvalue weighted by Crippen LogP contribution is -2.30. The first-order valence-electron chi connectivity index (χ1n) is 4.78. The molecule has 0 heterocycles. The third-order valence-electron chi connectivity index (χ3n) is 1.99. The van der Waals surface area contributed by atoms with Crippen LogP contribution in [0.25, 0.3) is 0 Å². The molecular weight excluding hydrogens is 261 g/mol. The van der Waals surface area contributed by atoms with E-state index in [4.69, 9.17) is 11.0 Å². The molecule has 0 radical (unpaired) electrons. The molecule has 0 aromatic heterocycles. The summed E-state index contributed by atoms with van der Waals surface area (Å²) in [6.45, 7) is -0.284. The quantitative estimate of drug-likeness (QED) is 0.448. The van der Waals surface area contributed by atoms with Crippen molar-refractivity contribution in [3.63, 3.8) is 0 Å². The number of nitrogens with two attached hydrogens (primary N) is 1. The summed E-state index contributed by atoms with van der Waals surface area (Å²) in [5, 5.41) is 10.3. The van der Waals surface area contributed by atoms with E-state index in [1.807, 2.05) is 0 Å². The summed E-state index contributed by atoms with van der Waals surface area (Å²) in [6.07, 6.45) is 0. The summed E-state index contributed by atoms with van der Waals surface area (Å²) >= 11 is 0. The van der Waals surface area contributed by atoms with Crippen LogP contribution >= 0.6 is 0 Å². The van der Waals surface area contributed by atoms with Gasteiger partial charge in [-0.3, -0.25) is 4.79 Å². The highest BCUT2D eigenvalue weighted by Gasteiger charge is 2.21. The first-order chi connectivity index (χ1) is 8.36. The van der Waals surface area contributed by atoms with E-state index in [9.17, 15) is 17.6 Å². The van der Waals surface area contributed by atoms with Crippen molar-refractivity contribution in [2.24, 2.45) is 0 Å². The number of amides is 1. The lowest BCUT2D eigenvalue weighted by Gasteiger charge is -2.07. The second-order valence-electron chi connectivity index (χ2n) is 3.38. The minimum Gasteiger partial charge on any atom is -0.398 e. The standard InChI is InChI=1S/C10H10FN3O3S/c11-7-1-2-9(8(13)5-7)18(16,17)6-10(15)14-4-3-12/h1-2,5H,4,6,13H2,(H,14,15). The van der Waals surface area contributed by atoms with E-state index < -0.39 is 27.3 Å². The fraction of sp³-hybridized carbons (Fsp3) is 0.200. The molecule has 6 nitrogen and oxygen atoms in total. The number of nitrogens with one attached hydrogen (secondary N) is 1. The number of anilines is 1. The van der Waals surface area contributed by atoms with Crippen molar-refractivity contribution in [3.05, 3.63) is 24.0 Å². The number of nitrogens with zero attached hydrogens (tertiary/aromatic N) is 1. The molecule has 0 saturated carbocycles. The molecule has 0 bridgehead atoms. The molecule has 0 atom stereocenters. The van der Waals surface area contributed by atoms with Crippen molar-refractivity contribution in [1.29, 1.82) is 5.26 Å². The number of benzene rings is 1. The maximum atomic E-state index is 12.8. The van der Waals surface area contributed by atoms with Crippen LogP contribution in [0.3, 0.4) is 0 Å². The van der Waals surface area contributed by atoms with Crippen molar-refractivity contribution < 1.29 is 17.6 Å². The number of carbonyl (C=O) groups is 1. The molecule has 0 saturated heterocycles. The Morgan fingerprint density at radius 1 is 1.50 bits per heavy atom. The average molecular weight is 271 g/mol. The average Bonchev–Trinajstić information content (AvgIpc) is 2.25. The van der Waals surface area contributed by atoms with E-state index >= 15 is 0 Å². The Balaban J connectivity index is 2.94. The smallest absolute Gasteiger partial charge is 0.236 e. The molecule has 0 fully saturated rings. The van der Waals surface area contributed by atoms with Crippen LogP contribution in [0.2, 0.25) is 0 Å². The Hall–Kier alpha value is -2.14. The van der Waals surface area contributed by atoms with Crippen LogP contribution in [0.4, 0.5) is 10.1 Å². The summed E-state index contributed by atoms with van der Waals surface area (Å²) in [4.78, 5) is 10.9. The van der Waals surface area contributed by atoms with E-state index in [1.165, 1.54) is 0 Å². The van der Waals surface area contributed by atoms with Crippen LogP contribution in [-0.4, -0.2) is 26.6 Å². The fourth-order valence-electron chi connectivity index (χ4n) is 1.24. The lowest BCUT2D eigenvalue weighted by molar-refractivity contribution is -0.118. The Bertz CT molecular complexity index is 607. The van der Waals surface area contributed by atoms with E-state index in [2.05, 4.69) is 5.32 Å². The van der Waals surface area contributed by atoms with Gasteiger partial charge in [0, 0.05) is 0 Å². The highest BCUT2D eigenvalue weighted by atomic mass is 32.2. The van der Waals surface area contributed by atoms with Crippen LogP contribution in [-0.2, 0) is 14.6 Å². The van der Waals surface area contributed by atoms with Crippen molar-refractivity contribution in [2.45, 2.75) is 4.90 Å². The van der Waals surface area contributed by atoms with Gasteiger partial charge < -0.3 is 11.1 Å². The molecule has 0 aliphatic carbocycles. The number of nitriles is 1. The minimum atomic E-state index is -3.95. The van der Waals surface area contributed by atoms with Gasteiger partial charge in [0.25, 0.3) is 0 Å². The molecule has 1 amide bonds. The summed E-state index contributed by atoms with van der Waals surface area (Å²) in [5.41, 5.74) is 5.12. The van der Waals surface area contributed by atoms with Gasteiger partial charge in [0.1, 0.15) is 18.1 Å². The maximum Gasteiger partial charge on any atom is 0.236 e. The first-order valence-corrected chi connectivity index (χ1v) is 6.43. The summed E-state index contributed by atoms with van der Waals surface area (Å²) < 4.78 is 36.4. The van der Waals surface area contributed by atoms with Gasteiger partial charge in [-0.25, -0.2) is 12.8 Å². The molecule has 1 aromatic carbocycles. The number of sulfone groups is 1. The zero-order valence-corrected chi connectivity index (χ0v) is 10.00. The van der Waals surface area contributed by atoms with Crippen LogP contribution in [0, 0.1) is 17.1 Å². The monoisotopic (exact) mass is 271 g/mol. The van der Waals surface area contributed by atoms with Gasteiger partial charge >= 0.3 is 0 Å². The SMILES string of the molecule is N#CCNC(=O)CS(=O)(=O)c1ccc(F)cc1N. The second kappa shape index (κ2) is 5.46. The minimum absolute atomic E-state index is 0.261. The molecule has 8 heteroatoms. The Labute approximate surface area is 103 Å². The van der Waals surface area contributed by atoms with Crippen LogP contribution < -0.4 is 11.1 Å². The molecule has 96 valence electrons. The normalized spacial score (nSPS) is 10.7. The zero-order chi connectivity index (χ0) is 13.8. The molecule has 1 aromatic rings. The molecule has 0 aliphatic rings. The molecular formula is C10H10FN3O3S. The lowest BCUT2D eigenvalue weighted by atomic mass is 10.3. The molecule has 3 N–H and O–H groups in total. The Morgan fingerprint density at radius 2 is 2.17 bits per heavy atom. The van der Waals surface area contributed by atoms with Crippen LogP contribution in [0.1, 0.15) is 0 Å². The van der Waals surface area contributed by atoms with E-state index in [1.54, 1.807) is 6.07 Å². The van der Waals surface area contributed by atoms with Gasteiger partial charge in [0.15, 0.2) is 9.84 Å². The zero-order valence-electron chi connectivity index (χ0n) is 9.18. The third kappa shape index (κ3) is 3.43. The maximum absolute atomic E-state index is 12.8. The predicted octanol–water partition coefficient (Wildman–Crippen LogP) is -0.179. The summed E-state index contributed by atoms with van der Waals surface area (Å²) in [7, 11) is -3.95. The van der Waals surface area contributed by atoms with Gasteiger partial charge in [-0.15, -0.1) is 0 Å². The number of rotatable bonds is 4. The van der Waals surface area contributed by atoms with Gasteiger partial charge in [-0.1, -0.05) is 0 Å². The number of hydrogen-bond donors (Lipinski definition) is 2.